The number of hydrogen-bond acceptors (Lipinski definition) is 6. The van der Waals surface area contributed by atoms with E-state index < -0.39 is 0 Å². The number of rotatable bonds is 6. The lowest BCUT2D eigenvalue weighted by Gasteiger charge is -2.02. The van der Waals surface area contributed by atoms with Crippen LogP contribution >= 0.6 is 11.3 Å². The maximum absolute atomic E-state index is 12.2. The minimum atomic E-state index is -0.199. The van der Waals surface area contributed by atoms with Crippen molar-refractivity contribution in [3.05, 3.63) is 95.7 Å². The third kappa shape index (κ3) is 4.51. The third-order valence-corrected chi connectivity index (χ3v) is 5.74. The molecule has 0 unspecified atom stereocenters. The second-order valence-corrected chi connectivity index (χ2v) is 8.13. The molecule has 3 aromatic carbocycles. The fraction of sp³-hybridized carbons (Fsp3) is 0.0833. The summed E-state index contributed by atoms with van der Waals surface area (Å²) >= 11 is 1.61. The van der Waals surface area contributed by atoms with Crippen LogP contribution in [0.4, 0.5) is 5.69 Å². The van der Waals surface area contributed by atoms with Crippen LogP contribution in [0.15, 0.2) is 83.3 Å². The van der Waals surface area contributed by atoms with Crippen LogP contribution < -0.4 is 5.32 Å². The van der Waals surface area contributed by atoms with Gasteiger partial charge in [-0.1, -0.05) is 54.6 Å². The average Bonchev–Trinajstić information content (AvgIpc) is 3.40. The minimum absolute atomic E-state index is 0.0299. The quantitative estimate of drug-likeness (QED) is 0.408. The number of carbonyl (C=O) groups is 1. The molecule has 0 radical (unpaired) electrons. The van der Waals surface area contributed by atoms with E-state index in [1.165, 1.54) is 5.56 Å². The average molecular weight is 427 g/mol. The van der Waals surface area contributed by atoms with Crippen molar-refractivity contribution in [1.29, 1.82) is 0 Å². The van der Waals surface area contributed by atoms with Gasteiger partial charge in [-0.05, 0) is 35.4 Å². The minimum Gasteiger partial charge on any atom is -0.424 e. The van der Waals surface area contributed by atoms with Gasteiger partial charge in [0.05, 0.1) is 16.6 Å². The Balaban J connectivity index is 1.27. The molecule has 0 saturated carbocycles. The van der Waals surface area contributed by atoms with E-state index in [2.05, 4.69) is 44.8 Å². The van der Waals surface area contributed by atoms with Crippen molar-refractivity contribution in [3.63, 3.8) is 0 Å². The smallest absolute Gasteiger partial charge is 0.233 e. The number of benzene rings is 3. The second-order valence-electron chi connectivity index (χ2n) is 7.01. The zero-order valence-corrected chi connectivity index (χ0v) is 17.3. The van der Waals surface area contributed by atoms with Crippen LogP contribution in [-0.2, 0) is 17.6 Å². The molecule has 7 heteroatoms. The molecule has 5 aromatic rings. The SMILES string of the molecule is O=C(Cc1nnc(Cc2nc3ccc(-c4ccccc4)cc3s2)o1)Nc1ccccc1. The van der Waals surface area contributed by atoms with Crippen LogP contribution in [0.2, 0.25) is 0 Å². The van der Waals surface area contributed by atoms with E-state index in [0.29, 0.717) is 12.3 Å². The zero-order chi connectivity index (χ0) is 21.0. The van der Waals surface area contributed by atoms with Gasteiger partial charge < -0.3 is 9.73 Å². The number of thiazole rings is 1. The first-order valence-electron chi connectivity index (χ1n) is 9.84. The molecule has 152 valence electrons. The maximum Gasteiger partial charge on any atom is 0.233 e. The molecule has 0 atom stereocenters. The summed E-state index contributed by atoms with van der Waals surface area (Å²) in [4.78, 5) is 16.8. The Hall–Kier alpha value is -3.84. The largest absolute Gasteiger partial charge is 0.424 e. The van der Waals surface area contributed by atoms with Gasteiger partial charge in [-0.15, -0.1) is 21.5 Å². The molecule has 2 aromatic heterocycles. The number of anilines is 1. The summed E-state index contributed by atoms with van der Waals surface area (Å²) in [6.07, 6.45) is 0.468. The standard InChI is InChI=1S/C24H18N4O2S/c29-21(25-18-9-5-2-6-10-18)14-22-27-28-23(30-22)15-24-26-19-12-11-17(13-20(19)31-24)16-7-3-1-4-8-16/h1-13H,14-15H2,(H,25,29). The van der Waals surface area contributed by atoms with Crippen molar-refractivity contribution in [2.75, 3.05) is 5.32 Å². The van der Waals surface area contributed by atoms with E-state index in [4.69, 9.17) is 4.42 Å². The van der Waals surface area contributed by atoms with Crippen molar-refractivity contribution in [3.8, 4) is 11.1 Å². The lowest BCUT2D eigenvalue weighted by molar-refractivity contribution is -0.115. The van der Waals surface area contributed by atoms with E-state index in [0.717, 1.165) is 26.5 Å². The highest BCUT2D eigenvalue weighted by Gasteiger charge is 2.14. The van der Waals surface area contributed by atoms with Crippen molar-refractivity contribution in [1.82, 2.24) is 15.2 Å². The first-order chi connectivity index (χ1) is 15.2. The van der Waals surface area contributed by atoms with E-state index in [9.17, 15) is 4.79 Å². The van der Waals surface area contributed by atoms with Gasteiger partial charge in [-0.2, -0.15) is 0 Å². The van der Waals surface area contributed by atoms with E-state index in [1.54, 1.807) is 11.3 Å². The number of fused-ring (bicyclic) bond motifs is 1. The number of aromatic nitrogens is 3. The highest BCUT2D eigenvalue weighted by atomic mass is 32.1. The Morgan fingerprint density at radius 3 is 2.42 bits per heavy atom. The summed E-state index contributed by atoms with van der Waals surface area (Å²) in [5.41, 5.74) is 4.01. The molecular formula is C24H18N4O2S. The van der Waals surface area contributed by atoms with Gasteiger partial charge in [-0.3, -0.25) is 4.79 Å². The number of amides is 1. The molecule has 0 aliphatic rings. The van der Waals surface area contributed by atoms with Crippen molar-refractivity contribution >= 4 is 33.1 Å². The second kappa shape index (κ2) is 8.49. The predicted molar refractivity (Wildman–Crippen MR) is 121 cm³/mol. The van der Waals surface area contributed by atoms with Crippen LogP contribution in [0.25, 0.3) is 21.3 Å². The van der Waals surface area contributed by atoms with Crippen LogP contribution in [0.1, 0.15) is 16.8 Å². The van der Waals surface area contributed by atoms with E-state index in [-0.39, 0.29) is 18.2 Å². The fourth-order valence-electron chi connectivity index (χ4n) is 3.28. The summed E-state index contributed by atoms with van der Waals surface area (Å²) < 4.78 is 6.78. The topological polar surface area (TPSA) is 80.9 Å². The zero-order valence-electron chi connectivity index (χ0n) is 16.5. The summed E-state index contributed by atoms with van der Waals surface area (Å²) in [6, 6.07) is 25.8. The molecule has 0 aliphatic heterocycles. The Labute approximate surface area is 182 Å². The Morgan fingerprint density at radius 2 is 1.61 bits per heavy atom. The Bertz CT molecular complexity index is 1330. The number of para-hydroxylation sites is 1. The lowest BCUT2D eigenvalue weighted by atomic mass is 10.1. The molecule has 0 fully saturated rings. The van der Waals surface area contributed by atoms with Crippen LogP contribution in [0, 0.1) is 0 Å². The monoisotopic (exact) mass is 426 g/mol. The molecule has 1 N–H and O–H groups in total. The van der Waals surface area contributed by atoms with Crippen LogP contribution in [0.3, 0.4) is 0 Å². The van der Waals surface area contributed by atoms with Gasteiger partial charge in [-0.25, -0.2) is 4.98 Å². The van der Waals surface area contributed by atoms with Crippen LogP contribution in [-0.4, -0.2) is 21.1 Å². The molecule has 6 nitrogen and oxygen atoms in total. The number of carbonyl (C=O) groups excluding carboxylic acids is 1. The molecule has 0 bridgehead atoms. The first-order valence-corrected chi connectivity index (χ1v) is 10.7. The summed E-state index contributed by atoms with van der Waals surface area (Å²) in [5, 5.41) is 11.8. The summed E-state index contributed by atoms with van der Waals surface area (Å²) in [5.74, 6) is 0.538. The molecule has 2 heterocycles. The summed E-state index contributed by atoms with van der Waals surface area (Å²) in [6.45, 7) is 0. The molecule has 0 spiro atoms. The third-order valence-electron chi connectivity index (χ3n) is 4.72. The molecule has 1 amide bonds. The normalized spacial score (nSPS) is 11.0. The highest BCUT2D eigenvalue weighted by Crippen LogP contribution is 2.29. The van der Waals surface area contributed by atoms with Crippen molar-refractivity contribution in [2.24, 2.45) is 0 Å². The Kier molecular flexibility index (Phi) is 5.24. The van der Waals surface area contributed by atoms with Gasteiger partial charge in [0.1, 0.15) is 11.4 Å². The number of nitrogens with zero attached hydrogens (tertiary/aromatic N) is 3. The van der Waals surface area contributed by atoms with Gasteiger partial charge in [0.25, 0.3) is 0 Å². The van der Waals surface area contributed by atoms with Gasteiger partial charge in [0.15, 0.2) is 0 Å². The number of hydrogen-bond donors (Lipinski definition) is 1. The fourth-order valence-corrected chi connectivity index (χ4v) is 4.28. The Morgan fingerprint density at radius 1 is 0.871 bits per heavy atom. The van der Waals surface area contributed by atoms with Crippen molar-refractivity contribution < 1.29 is 9.21 Å². The molecular weight excluding hydrogens is 408 g/mol. The molecule has 0 saturated heterocycles. The maximum atomic E-state index is 12.2. The van der Waals surface area contributed by atoms with E-state index >= 15 is 0 Å². The van der Waals surface area contributed by atoms with Crippen LogP contribution in [0.5, 0.6) is 0 Å². The van der Waals surface area contributed by atoms with E-state index in [1.807, 2.05) is 54.6 Å². The van der Waals surface area contributed by atoms with Gasteiger partial charge in [0.2, 0.25) is 17.7 Å². The lowest BCUT2D eigenvalue weighted by Crippen LogP contribution is -2.14. The van der Waals surface area contributed by atoms with Gasteiger partial charge in [0, 0.05) is 5.69 Å². The van der Waals surface area contributed by atoms with Crippen molar-refractivity contribution in [2.45, 2.75) is 12.8 Å². The molecule has 5 rings (SSSR count). The number of nitrogens with one attached hydrogen (secondary N) is 1. The predicted octanol–water partition coefficient (Wildman–Crippen LogP) is 5.12. The van der Waals surface area contributed by atoms with Gasteiger partial charge >= 0.3 is 0 Å². The first kappa shape index (κ1) is 19.1. The molecule has 31 heavy (non-hydrogen) atoms. The summed E-state index contributed by atoms with van der Waals surface area (Å²) in [7, 11) is 0. The molecule has 0 aliphatic carbocycles. The highest BCUT2D eigenvalue weighted by molar-refractivity contribution is 7.18.